The van der Waals surface area contributed by atoms with Crippen LogP contribution in [-0.2, 0) is 4.79 Å². The molecule has 1 fully saturated rings. The van der Waals surface area contributed by atoms with Gasteiger partial charge in [0.2, 0.25) is 5.91 Å². The van der Waals surface area contributed by atoms with E-state index < -0.39 is 5.82 Å². The van der Waals surface area contributed by atoms with Gasteiger partial charge in [-0.25, -0.2) is 9.37 Å². The molecule has 0 aliphatic heterocycles. The molecule has 2 aromatic carbocycles. The smallest absolute Gasteiger partial charge is 0.278 e. The lowest BCUT2D eigenvalue weighted by atomic mass is 10.1. The fourth-order valence-corrected chi connectivity index (χ4v) is 4.40. The Labute approximate surface area is 181 Å². The van der Waals surface area contributed by atoms with Gasteiger partial charge in [0.1, 0.15) is 16.9 Å². The number of anilines is 1. The number of fused-ring (bicyclic) bond motifs is 1. The van der Waals surface area contributed by atoms with Crippen LogP contribution in [0.4, 0.5) is 10.1 Å². The Hall–Kier alpha value is -3.39. The lowest BCUT2D eigenvalue weighted by Gasteiger charge is -2.11. The highest BCUT2D eigenvalue weighted by molar-refractivity contribution is 7.99. The van der Waals surface area contributed by atoms with Crippen LogP contribution in [0, 0.1) is 5.82 Å². The number of carbonyl (C=O) groups excluding carboxylic acids is 1. The minimum Gasteiger partial charge on any atom is -0.355 e. The summed E-state index contributed by atoms with van der Waals surface area (Å²) in [4.78, 5) is 33.5. The number of hydrogen-bond donors (Lipinski definition) is 2. The number of nitrogens with one attached hydrogen (secondary N) is 2. The molecular weight excluding hydrogens is 415 g/mol. The molecule has 1 amide bonds. The fourth-order valence-electron chi connectivity index (χ4n) is 3.54. The third-order valence-corrected chi connectivity index (χ3v) is 6.09. The van der Waals surface area contributed by atoms with Crippen molar-refractivity contribution >= 4 is 34.4 Å². The minimum absolute atomic E-state index is 0.0618. The maximum Gasteiger partial charge on any atom is 0.278 e. The number of hydrogen-bond acceptors (Lipinski definition) is 4. The van der Waals surface area contributed by atoms with Crippen LogP contribution >= 0.6 is 11.8 Å². The Balaban J connectivity index is 1.46. The van der Waals surface area contributed by atoms with Gasteiger partial charge in [-0.1, -0.05) is 48.2 Å². The molecule has 2 N–H and O–H groups in total. The van der Waals surface area contributed by atoms with E-state index in [1.54, 1.807) is 16.8 Å². The quantitative estimate of drug-likeness (QED) is 0.343. The van der Waals surface area contributed by atoms with Crippen LogP contribution in [0.5, 0.6) is 0 Å². The Morgan fingerprint density at radius 3 is 2.74 bits per heavy atom. The number of amides is 1. The van der Waals surface area contributed by atoms with E-state index in [1.807, 2.05) is 30.3 Å². The van der Waals surface area contributed by atoms with Gasteiger partial charge in [-0.15, -0.1) is 0 Å². The highest BCUT2D eigenvalue weighted by atomic mass is 32.2. The SMILES string of the molecule is O=C(CSc1nc2c(-c3ccccc3)c[nH]c2c(=O)n1C1CC1)Nc1cccc(F)c1. The summed E-state index contributed by atoms with van der Waals surface area (Å²) in [7, 11) is 0. The molecular formula is C23H19FN4O2S. The summed E-state index contributed by atoms with van der Waals surface area (Å²) in [6, 6.07) is 15.6. The molecule has 1 aliphatic carbocycles. The van der Waals surface area contributed by atoms with Gasteiger partial charge < -0.3 is 10.3 Å². The van der Waals surface area contributed by atoms with Crippen LogP contribution in [0.1, 0.15) is 18.9 Å². The van der Waals surface area contributed by atoms with Gasteiger partial charge in [0.15, 0.2) is 5.16 Å². The average molecular weight is 434 g/mol. The van der Waals surface area contributed by atoms with E-state index >= 15 is 0 Å². The number of carbonyl (C=O) groups is 1. The van der Waals surface area contributed by atoms with Crippen LogP contribution in [0.15, 0.2) is 70.7 Å². The lowest BCUT2D eigenvalue weighted by Crippen LogP contribution is -2.23. The summed E-state index contributed by atoms with van der Waals surface area (Å²) >= 11 is 1.22. The molecule has 2 aromatic heterocycles. The van der Waals surface area contributed by atoms with Crippen molar-refractivity contribution in [1.82, 2.24) is 14.5 Å². The average Bonchev–Trinajstić information content (AvgIpc) is 3.51. The number of H-pyrrole nitrogens is 1. The van der Waals surface area contributed by atoms with Gasteiger partial charge in [0.05, 0.1) is 5.75 Å². The van der Waals surface area contributed by atoms with Gasteiger partial charge in [-0.3, -0.25) is 14.2 Å². The first-order chi connectivity index (χ1) is 15.1. The summed E-state index contributed by atoms with van der Waals surface area (Å²) in [5.41, 5.74) is 3.15. The van der Waals surface area contributed by atoms with Crippen molar-refractivity contribution < 1.29 is 9.18 Å². The summed E-state index contributed by atoms with van der Waals surface area (Å²) in [5, 5.41) is 3.20. The second kappa shape index (κ2) is 8.03. The second-order valence-corrected chi connectivity index (χ2v) is 8.38. The predicted octanol–water partition coefficient (Wildman–Crippen LogP) is 4.60. The maximum atomic E-state index is 13.3. The van der Waals surface area contributed by atoms with Crippen LogP contribution in [0.25, 0.3) is 22.2 Å². The fraction of sp³-hybridized carbons (Fsp3) is 0.174. The Morgan fingerprint density at radius 1 is 1.19 bits per heavy atom. The van der Waals surface area contributed by atoms with Crippen LogP contribution in [-0.4, -0.2) is 26.2 Å². The van der Waals surface area contributed by atoms with Crippen LogP contribution in [0.3, 0.4) is 0 Å². The van der Waals surface area contributed by atoms with Gasteiger partial charge in [-0.2, -0.15) is 0 Å². The standard InChI is InChI=1S/C23H19FN4O2S/c24-15-7-4-8-16(11-15)26-19(29)13-31-23-27-20-18(14-5-2-1-3-6-14)12-25-21(20)22(30)28(23)17-9-10-17/h1-8,11-12,17,25H,9-10,13H2,(H,26,29). The van der Waals surface area contributed by atoms with Crippen molar-refractivity contribution in [3.63, 3.8) is 0 Å². The van der Waals surface area contributed by atoms with E-state index in [4.69, 9.17) is 4.98 Å². The monoisotopic (exact) mass is 434 g/mol. The summed E-state index contributed by atoms with van der Waals surface area (Å²) in [6.45, 7) is 0. The number of aromatic amines is 1. The molecule has 5 rings (SSSR count). The number of rotatable bonds is 6. The molecule has 8 heteroatoms. The number of benzene rings is 2. The van der Waals surface area contributed by atoms with Crippen molar-refractivity contribution in [2.75, 3.05) is 11.1 Å². The zero-order valence-electron chi connectivity index (χ0n) is 16.5. The normalized spacial score (nSPS) is 13.5. The zero-order valence-corrected chi connectivity index (χ0v) is 17.3. The number of nitrogens with zero attached hydrogens (tertiary/aromatic N) is 2. The highest BCUT2D eigenvalue weighted by Crippen LogP contribution is 2.37. The number of thioether (sulfide) groups is 1. The Kier molecular flexibility index (Phi) is 5.07. The van der Waals surface area contributed by atoms with Crippen LogP contribution in [0.2, 0.25) is 0 Å². The van der Waals surface area contributed by atoms with E-state index in [9.17, 15) is 14.0 Å². The Morgan fingerprint density at radius 2 is 2.00 bits per heavy atom. The second-order valence-electron chi connectivity index (χ2n) is 7.44. The van der Waals surface area contributed by atoms with Gasteiger partial charge in [0.25, 0.3) is 5.56 Å². The molecule has 1 aliphatic rings. The molecule has 0 atom stereocenters. The largest absolute Gasteiger partial charge is 0.355 e. The minimum atomic E-state index is -0.416. The number of aromatic nitrogens is 3. The van der Waals surface area contributed by atoms with E-state index in [1.165, 1.54) is 30.0 Å². The zero-order chi connectivity index (χ0) is 21.4. The van der Waals surface area contributed by atoms with Crippen molar-refractivity contribution in [2.24, 2.45) is 0 Å². The topological polar surface area (TPSA) is 79.8 Å². The summed E-state index contributed by atoms with van der Waals surface area (Å²) in [5.74, 6) is -0.641. The van der Waals surface area contributed by atoms with E-state index in [2.05, 4.69) is 10.3 Å². The van der Waals surface area contributed by atoms with E-state index in [0.717, 1.165) is 24.0 Å². The molecule has 1 saturated carbocycles. The van der Waals surface area contributed by atoms with Crippen molar-refractivity contribution in [2.45, 2.75) is 24.0 Å². The van der Waals surface area contributed by atoms with E-state index in [0.29, 0.717) is 21.9 Å². The molecule has 0 radical (unpaired) electrons. The molecule has 156 valence electrons. The lowest BCUT2D eigenvalue weighted by molar-refractivity contribution is -0.113. The number of halogens is 1. The van der Waals surface area contributed by atoms with Gasteiger partial charge in [0, 0.05) is 23.5 Å². The molecule has 0 bridgehead atoms. The first-order valence-electron chi connectivity index (χ1n) is 9.97. The molecule has 0 unspecified atom stereocenters. The third-order valence-electron chi connectivity index (χ3n) is 5.14. The van der Waals surface area contributed by atoms with Crippen molar-refractivity contribution in [3.8, 4) is 11.1 Å². The first-order valence-corrected chi connectivity index (χ1v) is 11.0. The summed E-state index contributed by atoms with van der Waals surface area (Å²) < 4.78 is 15.0. The van der Waals surface area contributed by atoms with Gasteiger partial charge in [-0.05, 0) is 36.6 Å². The van der Waals surface area contributed by atoms with E-state index in [-0.39, 0.29) is 23.3 Å². The molecule has 4 aromatic rings. The molecule has 2 heterocycles. The Bertz CT molecular complexity index is 1330. The highest BCUT2D eigenvalue weighted by Gasteiger charge is 2.29. The third kappa shape index (κ3) is 3.98. The summed E-state index contributed by atoms with van der Waals surface area (Å²) in [6.07, 6.45) is 3.64. The molecule has 0 saturated heterocycles. The molecule has 31 heavy (non-hydrogen) atoms. The molecule has 0 spiro atoms. The van der Waals surface area contributed by atoms with Crippen molar-refractivity contribution in [1.29, 1.82) is 0 Å². The maximum absolute atomic E-state index is 13.3. The van der Waals surface area contributed by atoms with Crippen molar-refractivity contribution in [3.05, 3.63) is 77.0 Å². The first kappa shape index (κ1) is 19.6. The van der Waals surface area contributed by atoms with Gasteiger partial charge >= 0.3 is 0 Å². The molecule has 6 nitrogen and oxygen atoms in total. The predicted molar refractivity (Wildman–Crippen MR) is 120 cm³/mol. The van der Waals surface area contributed by atoms with Crippen LogP contribution < -0.4 is 10.9 Å².